The Kier molecular flexibility index (Phi) is 3.38. The molecule has 0 aliphatic heterocycles. The zero-order valence-corrected chi connectivity index (χ0v) is 10.6. The zero-order valence-electron chi connectivity index (χ0n) is 10.6. The van der Waals surface area contributed by atoms with Crippen LogP contribution in [0.2, 0.25) is 0 Å². The first-order chi connectivity index (χ1) is 9.83. The second kappa shape index (κ2) is 5.50. The SMILES string of the molecule is OC(Nc1ccccc1)c1cccc(-c2nn[nH]n2)c1. The smallest absolute Gasteiger partial charge is 0.204 e. The van der Waals surface area contributed by atoms with E-state index >= 15 is 0 Å². The van der Waals surface area contributed by atoms with Crippen LogP contribution in [0.4, 0.5) is 5.69 Å². The van der Waals surface area contributed by atoms with E-state index in [0.717, 1.165) is 16.8 Å². The molecule has 6 heteroatoms. The molecule has 1 atom stereocenters. The third kappa shape index (κ3) is 2.65. The zero-order chi connectivity index (χ0) is 13.8. The fourth-order valence-corrected chi connectivity index (χ4v) is 1.91. The third-order valence-electron chi connectivity index (χ3n) is 2.88. The fourth-order valence-electron chi connectivity index (χ4n) is 1.91. The number of nitrogens with zero attached hydrogens (tertiary/aromatic N) is 3. The van der Waals surface area contributed by atoms with Gasteiger partial charge in [0.05, 0.1) is 0 Å². The number of aromatic nitrogens is 4. The molecule has 3 rings (SSSR count). The summed E-state index contributed by atoms with van der Waals surface area (Å²) < 4.78 is 0. The second-order valence-corrected chi connectivity index (χ2v) is 4.27. The second-order valence-electron chi connectivity index (χ2n) is 4.27. The normalized spacial score (nSPS) is 12.1. The van der Waals surface area contributed by atoms with Crippen LogP contribution in [0, 0.1) is 0 Å². The minimum Gasteiger partial charge on any atom is -0.369 e. The van der Waals surface area contributed by atoms with Gasteiger partial charge in [-0.05, 0) is 23.4 Å². The summed E-state index contributed by atoms with van der Waals surface area (Å²) in [4.78, 5) is 0. The Morgan fingerprint density at radius 2 is 1.90 bits per heavy atom. The van der Waals surface area contributed by atoms with Crippen molar-refractivity contribution in [3.05, 3.63) is 60.2 Å². The number of rotatable bonds is 4. The minimum absolute atomic E-state index is 0.499. The number of H-pyrrole nitrogens is 1. The molecule has 0 amide bonds. The number of para-hydroxylation sites is 1. The standard InChI is InChI=1S/C14H13N5O/c20-14(15-12-7-2-1-3-8-12)11-6-4-5-10(9-11)13-16-18-19-17-13/h1-9,14-15,20H,(H,16,17,18,19). The first kappa shape index (κ1) is 12.3. The highest BCUT2D eigenvalue weighted by Gasteiger charge is 2.10. The van der Waals surface area contributed by atoms with Crippen LogP contribution in [-0.2, 0) is 0 Å². The van der Waals surface area contributed by atoms with Gasteiger partial charge in [0.15, 0.2) is 6.23 Å². The summed E-state index contributed by atoms with van der Waals surface area (Å²) in [5.41, 5.74) is 2.38. The van der Waals surface area contributed by atoms with Crippen molar-refractivity contribution < 1.29 is 5.11 Å². The van der Waals surface area contributed by atoms with Crippen molar-refractivity contribution in [3.8, 4) is 11.4 Å². The predicted molar refractivity (Wildman–Crippen MR) is 74.6 cm³/mol. The largest absolute Gasteiger partial charge is 0.369 e. The predicted octanol–water partition coefficient (Wildman–Crippen LogP) is 1.97. The maximum absolute atomic E-state index is 10.2. The molecule has 3 N–H and O–H groups in total. The number of anilines is 1. The molecule has 1 aromatic heterocycles. The van der Waals surface area contributed by atoms with Gasteiger partial charge in [-0.3, -0.25) is 0 Å². The highest BCUT2D eigenvalue weighted by molar-refractivity contribution is 5.56. The number of aliphatic hydroxyl groups excluding tert-OH is 1. The summed E-state index contributed by atoms with van der Waals surface area (Å²) in [6.45, 7) is 0. The van der Waals surface area contributed by atoms with Crippen molar-refractivity contribution in [3.63, 3.8) is 0 Å². The Balaban J connectivity index is 1.82. The fraction of sp³-hybridized carbons (Fsp3) is 0.0714. The van der Waals surface area contributed by atoms with Crippen LogP contribution in [0.3, 0.4) is 0 Å². The topological polar surface area (TPSA) is 86.7 Å². The Morgan fingerprint density at radius 3 is 2.65 bits per heavy atom. The van der Waals surface area contributed by atoms with E-state index in [1.807, 2.05) is 54.6 Å². The van der Waals surface area contributed by atoms with E-state index in [2.05, 4.69) is 25.9 Å². The van der Waals surface area contributed by atoms with Crippen molar-refractivity contribution in [1.29, 1.82) is 0 Å². The lowest BCUT2D eigenvalue weighted by atomic mass is 10.1. The summed E-state index contributed by atoms with van der Waals surface area (Å²) in [5.74, 6) is 0.499. The van der Waals surface area contributed by atoms with E-state index in [-0.39, 0.29) is 0 Å². The van der Waals surface area contributed by atoms with E-state index in [1.165, 1.54) is 0 Å². The average Bonchev–Trinajstić information content (AvgIpc) is 3.03. The molecule has 1 heterocycles. The molecule has 20 heavy (non-hydrogen) atoms. The molecule has 0 fully saturated rings. The van der Waals surface area contributed by atoms with Crippen molar-refractivity contribution in [2.75, 3.05) is 5.32 Å². The number of aliphatic hydroxyl groups is 1. The molecule has 3 aromatic rings. The lowest BCUT2D eigenvalue weighted by Crippen LogP contribution is -2.09. The summed E-state index contributed by atoms with van der Waals surface area (Å²) in [7, 11) is 0. The number of benzene rings is 2. The van der Waals surface area contributed by atoms with Crippen LogP contribution in [0.25, 0.3) is 11.4 Å². The van der Waals surface area contributed by atoms with Gasteiger partial charge >= 0.3 is 0 Å². The van der Waals surface area contributed by atoms with E-state index in [0.29, 0.717) is 5.82 Å². The molecule has 0 aliphatic carbocycles. The van der Waals surface area contributed by atoms with E-state index in [9.17, 15) is 5.11 Å². The van der Waals surface area contributed by atoms with Crippen LogP contribution in [0.5, 0.6) is 0 Å². The van der Waals surface area contributed by atoms with Gasteiger partial charge in [-0.1, -0.05) is 36.4 Å². The molecule has 100 valence electrons. The first-order valence-corrected chi connectivity index (χ1v) is 6.16. The van der Waals surface area contributed by atoms with Gasteiger partial charge in [0.25, 0.3) is 0 Å². The number of hydrogen-bond donors (Lipinski definition) is 3. The van der Waals surface area contributed by atoms with Gasteiger partial charge in [0, 0.05) is 16.8 Å². The van der Waals surface area contributed by atoms with Gasteiger partial charge in [-0.2, -0.15) is 5.21 Å². The molecular weight excluding hydrogens is 254 g/mol. The molecule has 0 saturated heterocycles. The summed E-state index contributed by atoms with van der Waals surface area (Å²) in [6.07, 6.45) is -0.802. The van der Waals surface area contributed by atoms with Gasteiger partial charge in [-0.25, -0.2) is 0 Å². The Labute approximate surface area is 115 Å². The maximum Gasteiger partial charge on any atom is 0.204 e. The molecule has 6 nitrogen and oxygen atoms in total. The Hall–Kier alpha value is -2.73. The lowest BCUT2D eigenvalue weighted by molar-refractivity contribution is 0.208. The molecular formula is C14H13N5O. The number of nitrogens with one attached hydrogen (secondary N) is 2. The van der Waals surface area contributed by atoms with Crippen LogP contribution in [-0.4, -0.2) is 25.7 Å². The summed E-state index contributed by atoms with van der Waals surface area (Å²) in [5, 5.41) is 27.0. The van der Waals surface area contributed by atoms with E-state index < -0.39 is 6.23 Å². The Morgan fingerprint density at radius 1 is 1.05 bits per heavy atom. The quantitative estimate of drug-likeness (QED) is 0.629. The lowest BCUT2D eigenvalue weighted by Gasteiger charge is -2.14. The highest BCUT2D eigenvalue weighted by atomic mass is 16.3. The monoisotopic (exact) mass is 267 g/mol. The van der Waals surface area contributed by atoms with Crippen LogP contribution < -0.4 is 5.32 Å². The van der Waals surface area contributed by atoms with E-state index in [4.69, 9.17) is 0 Å². The molecule has 0 aliphatic rings. The molecule has 0 spiro atoms. The van der Waals surface area contributed by atoms with Crippen LogP contribution in [0.1, 0.15) is 11.8 Å². The van der Waals surface area contributed by atoms with Gasteiger partial charge in [-0.15, -0.1) is 10.2 Å². The molecule has 0 radical (unpaired) electrons. The van der Waals surface area contributed by atoms with Crippen molar-refractivity contribution >= 4 is 5.69 Å². The first-order valence-electron chi connectivity index (χ1n) is 6.16. The summed E-state index contributed by atoms with van der Waals surface area (Å²) in [6, 6.07) is 16.9. The van der Waals surface area contributed by atoms with Gasteiger partial charge in [0.2, 0.25) is 5.82 Å². The molecule has 0 saturated carbocycles. The average molecular weight is 267 g/mol. The van der Waals surface area contributed by atoms with Crippen molar-refractivity contribution in [2.45, 2.75) is 6.23 Å². The third-order valence-corrected chi connectivity index (χ3v) is 2.88. The number of aromatic amines is 1. The van der Waals surface area contributed by atoms with Crippen LogP contribution >= 0.6 is 0 Å². The molecule has 1 unspecified atom stereocenters. The maximum atomic E-state index is 10.2. The van der Waals surface area contributed by atoms with E-state index in [1.54, 1.807) is 0 Å². The van der Waals surface area contributed by atoms with Crippen molar-refractivity contribution in [2.24, 2.45) is 0 Å². The number of tetrazole rings is 1. The summed E-state index contributed by atoms with van der Waals surface area (Å²) >= 11 is 0. The highest BCUT2D eigenvalue weighted by Crippen LogP contribution is 2.21. The van der Waals surface area contributed by atoms with Crippen molar-refractivity contribution in [1.82, 2.24) is 20.6 Å². The van der Waals surface area contributed by atoms with Gasteiger partial charge < -0.3 is 10.4 Å². The Bertz CT molecular complexity index is 669. The minimum atomic E-state index is -0.802. The number of hydrogen-bond acceptors (Lipinski definition) is 5. The molecule has 0 bridgehead atoms. The van der Waals surface area contributed by atoms with Gasteiger partial charge in [0.1, 0.15) is 0 Å². The van der Waals surface area contributed by atoms with Crippen LogP contribution in [0.15, 0.2) is 54.6 Å². The molecule has 2 aromatic carbocycles.